The number of hydrogen-bond donors (Lipinski definition) is 1. The van der Waals surface area contributed by atoms with Gasteiger partial charge in [-0.1, -0.05) is 0 Å². The number of carbonyl (C=O) groups is 1. The van der Waals surface area contributed by atoms with E-state index < -0.39 is 0 Å². The second-order valence-electron chi connectivity index (χ2n) is 8.20. The summed E-state index contributed by atoms with van der Waals surface area (Å²) in [7, 11) is 3.67. The molecule has 0 spiro atoms. The number of methoxy groups -OCH3 is 1. The van der Waals surface area contributed by atoms with Crippen LogP contribution in [0.1, 0.15) is 40.4 Å². The molecule has 9 nitrogen and oxygen atoms in total. The molecule has 0 saturated carbocycles. The van der Waals surface area contributed by atoms with E-state index in [4.69, 9.17) is 9.72 Å². The van der Waals surface area contributed by atoms with Gasteiger partial charge in [0, 0.05) is 35.8 Å². The lowest BCUT2D eigenvalue weighted by Crippen LogP contribution is -2.29. The maximum atomic E-state index is 12.6. The van der Waals surface area contributed by atoms with Gasteiger partial charge in [0.1, 0.15) is 5.82 Å². The molecule has 0 aliphatic carbocycles. The largest absolute Gasteiger partial charge is 0.467 e. The third-order valence-electron chi connectivity index (χ3n) is 6.00. The Bertz CT molecular complexity index is 1180. The van der Waals surface area contributed by atoms with Crippen molar-refractivity contribution in [3.8, 4) is 17.3 Å². The van der Waals surface area contributed by atoms with Crippen molar-refractivity contribution < 1.29 is 9.53 Å². The summed E-state index contributed by atoms with van der Waals surface area (Å²) in [5.41, 5.74) is 4.35. The average molecular weight is 443 g/mol. The topological polar surface area (TPSA) is 107 Å². The molecular weight excluding hydrogens is 418 g/mol. The third-order valence-corrected chi connectivity index (χ3v) is 6.00. The zero-order chi connectivity index (χ0) is 22.8. The van der Waals surface area contributed by atoms with Crippen LogP contribution in [-0.2, 0) is 0 Å². The Morgan fingerprint density at radius 2 is 1.88 bits per heavy atom. The zero-order valence-electron chi connectivity index (χ0n) is 18.5. The summed E-state index contributed by atoms with van der Waals surface area (Å²) in [6.45, 7) is 2.17. The molecule has 33 heavy (non-hydrogen) atoms. The molecule has 3 aromatic heterocycles. The van der Waals surface area contributed by atoms with Gasteiger partial charge in [-0.05, 0) is 62.8 Å². The van der Waals surface area contributed by atoms with Crippen LogP contribution in [0.5, 0.6) is 6.01 Å². The normalized spacial score (nSPS) is 16.2. The van der Waals surface area contributed by atoms with Gasteiger partial charge in [-0.25, -0.2) is 20.3 Å². The fourth-order valence-electron chi connectivity index (χ4n) is 4.12. The van der Waals surface area contributed by atoms with E-state index in [2.05, 4.69) is 43.6 Å². The molecule has 2 aliphatic heterocycles. The van der Waals surface area contributed by atoms with Crippen LogP contribution in [0, 0.1) is 0 Å². The van der Waals surface area contributed by atoms with Crippen molar-refractivity contribution in [2.45, 2.75) is 18.8 Å². The summed E-state index contributed by atoms with van der Waals surface area (Å²) >= 11 is 0. The number of rotatable bonds is 5. The minimum atomic E-state index is -0.337. The van der Waals surface area contributed by atoms with E-state index in [1.807, 2.05) is 12.1 Å². The number of carbonyl (C=O) groups excluding carboxylic acids is 1. The third kappa shape index (κ3) is 4.40. The fourth-order valence-corrected chi connectivity index (χ4v) is 4.12. The van der Waals surface area contributed by atoms with Gasteiger partial charge < -0.3 is 15.0 Å². The molecule has 3 aromatic rings. The van der Waals surface area contributed by atoms with Gasteiger partial charge in [0.25, 0.3) is 5.91 Å². The lowest BCUT2D eigenvalue weighted by atomic mass is 9.93. The van der Waals surface area contributed by atoms with E-state index >= 15 is 0 Å². The Balaban J connectivity index is 1.45. The lowest BCUT2D eigenvalue weighted by Gasteiger charge is -2.28. The van der Waals surface area contributed by atoms with Crippen LogP contribution in [0.2, 0.25) is 0 Å². The fraction of sp³-hybridized carbons (Fsp3) is 0.292. The van der Waals surface area contributed by atoms with Crippen molar-refractivity contribution in [1.82, 2.24) is 30.2 Å². The molecule has 0 aromatic carbocycles. The van der Waals surface area contributed by atoms with E-state index in [0.29, 0.717) is 28.6 Å². The summed E-state index contributed by atoms with van der Waals surface area (Å²) in [4.78, 5) is 32.6. The Morgan fingerprint density at radius 1 is 1.09 bits per heavy atom. The highest BCUT2D eigenvalue weighted by Gasteiger charge is 2.23. The first-order valence-corrected chi connectivity index (χ1v) is 10.9. The highest BCUT2D eigenvalue weighted by molar-refractivity contribution is 6.05. The van der Waals surface area contributed by atoms with Crippen LogP contribution in [0.15, 0.2) is 43.0 Å². The Morgan fingerprint density at radius 3 is 2.58 bits per heavy atom. The molecule has 1 saturated heterocycles. The predicted octanol–water partition coefficient (Wildman–Crippen LogP) is 3.22. The number of amides is 1. The van der Waals surface area contributed by atoms with Crippen molar-refractivity contribution in [3.05, 3.63) is 59.8 Å². The van der Waals surface area contributed by atoms with E-state index in [9.17, 15) is 4.79 Å². The quantitative estimate of drug-likeness (QED) is 0.642. The van der Waals surface area contributed by atoms with Gasteiger partial charge in [-0.2, -0.15) is 0 Å². The summed E-state index contributed by atoms with van der Waals surface area (Å²) in [6.07, 6.45) is 10.6. The second kappa shape index (κ2) is 8.95. The van der Waals surface area contributed by atoms with Crippen molar-refractivity contribution in [3.63, 3.8) is 0 Å². The van der Waals surface area contributed by atoms with Gasteiger partial charge in [0.05, 0.1) is 30.3 Å². The Kier molecular flexibility index (Phi) is 5.70. The summed E-state index contributed by atoms with van der Waals surface area (Å²) in [5, 5.41) is 7.19. The van der Waals surface area contributed by atoms with E-state index in [0.717, 1.165) is 42.9 Å². The van der Waals surface area contributed by atoms with Crippen molar-refractivity contribution in [1.29, 1.82) is 0 Å². The second-order valence-corrected chi connectivity index (χ2v) is 8.20. The smallest absolute Gasteiger partial charge is 0.316 e. The molecule has 167 valence electrons. The molecule has 1 amide bonds. The molecule has 1 radical (unpaired) electrons. The highest BCUT2D eigenvalue weighted by Crippen LogP contribution is 2.31. The molecule has 0 bridgehead atoms. The Labute approximate surface area is 192 Å². The summed E-state index contributed by atoms with van der Waals surface area (Å²) in [5.74, 6) is 0.561. The molecular formula is C24H24N7O2. The summed E-state index contributed by atoms with van der Waals surface area (Å²) in [6, 6.07) is 6.14. The first-order chi connectivity index (χ1) is 16.1. The van der Waals surface area contributed by atoms with Crippen molar-refractivity contribution in [2.24, 2.45) is 0 Å². The van der Waals surface area contributed by atoms with Crippen LogP contribution in [0.4, 0.5) is 11.5 Å². The van der Waals surface area contributed by atoms with Crippen molar-refractivity contribution >= 4 is 23.5 Å². The van der Waals surface area contributed by atoms with Crippen LogP contribution in [-0.4, -0.2) is 58.0 Å². The first kappa shape index (κ1) is 21.0. The van der Waals surface area contributed by atoms with Crippen LogP contribution < -0.4 is 15.4 Å². The number of pyridine rings is 2. The van der Waals surface area contributed by atoms with Crippen LogP contribution in [0.3, 0.4) is 0 Å². The van der Waals surface area contributed by atoms with E-state index in [-0.39, 0.29) is 11.9 Å². The maximum absolute atomic E-state index is 12.6. The van der Waals surface area contributed by atoms with Gasteiger partial charge >= 0.3 is 6.01 Å². The monoisotopic (exact) mass is 442 g/mol. The highest BCUT2D eigenvalue weighted by atomic mass is 16.5. The van der Waals surface area contributed by atoms with Gasteiger partial charge in [-0.3, -0.25) is 9.78 Å². The first-order valence-electron chi connectivity index (χ1n) is 10.9. The van der Waals surface area contributed by atoms with Gasteiger partial charge in [0.15, 0.2) is 0 Å². The molecule has 5 rings (SSSR count). The number of aromatic nitrogens is 4. The standard InChI is InChI=1S/C24H24N7O2/c1-31-9-6-15(7-10-31)19-4-3-18(14-26-19)29-22-21-16(5-8-25-23(21)32)11-20(30-22)17-12-27-24(33-2)28-13-17/h3-5,8,11-15H,6-7,9-10H2,1-2H3,(H,29,30). The Hall–Kier alpha value is -3.85. The molecule has 1 N–H and O–H groups in total. The van der Waals surface area contributed by atoms with E-state index in [1.54, 1.807) is 24.7 Å². The van der Waals surface area contributed by atoms with Gasteiger partial charge in [0.2, 0.25) is 0 Å². The molecule has 2 aliphatic rings. The molecule has 0 atom stereocenters. The average Bonchev–Trinajstić information content (AvgIpc) is 2.85. The number of likely N-dealkylation sites (tertiary alicyclic amines) is 1. The number of nitrogens with one attached hydrogen (secondary N) is 1. The maximum Gasteiger partial charge on any atom is 0.316 e. The number of nitrogens with zero attached hydrogens (tertiary/aromatic N) is 6. The molecule has 5 heterocycles. The SMILES string of the molecule is COc1ncc(-c2cc3c(c(Nc4ccc(C5CCN(C)CC5)nc4)n2)C(=O)[N]C=C3)cn1. The minimum absolute atomic E-state index is 0.278. The molecule has 0 unspecified atom stereocenters. The van der Waals surface area contributed by atoms with Gasteiger partial charge in [-0.15, -0.1) is 0 Å². The number of anilines is 2. The summed E-state index contributed by atoms with van der Waals surface area (Å²) < 4.78 is 5.04. The number of ether oxygens (including phenoxy) is 1. The van der Waals surface area contributed by atoms with Crippen LogP contribution >= 0.6 is 0 Å². The minimum Gasteiger partial charge on any atom is -0.467 e. The lowest BCUT2D eigenvalue weighted by molar-refractivity contribution is 0.0965. The molecule has 1 fully saturated rings. The zero-order valence-corrected chi connectivity index (χ0v) is 18.5. The molecule has 9 heteroatoms. The predicted molar refractivity (Wildman–Crippen MR) is 124 cm³/mol. The number of piperidine rings is 1. The van der Waals surface area contributed by atoms with Crippen LogP contribution in [0.25, 0.3) is 17.3 Å². The number of fused-ring (bicyclic) bond motifs is 1. The number of hydrogen-bond acceptors (Lipinski definition) is 8. The van der Waals surface area contributed by atoms with Crippen molar-refractivity contribution in [2.75, 3.05) is 32.6 Å². The van der Waals surface area contributed by atoms with E-state index in [1.165, 1.54) is 13.3 Å².